The Morgan fingerprint density at radius 3 is 1.74 bits per heavy atom. The average Bonchev–Trinajstić information content (AvgIpc) is 2.85. The van der Waals surface area contributed by atoms with Crippen molar-refractivity contribution in [2.45, 2.75) is 26.7 Å². The molecule has 0 atom stereocenters. The lowest BCUT2D eigenvalue weighted by Crippen LogP contribution is -2.21. The van der Waals surface area contributed by atoms with Gasteiger partial charge in [0.05, 0.1) is 31.3 Å². The van der Waals surface area contributed by atoms with E-state index in [0.717, 1.165) is 0 Å². The molecule has 0 unspecified atom stereocenters. The van der Waals surface area contributed by atoms with Crippen LogP contribution in [0.5, 0.6) is 0 Å². The second-order valence-electron chi connectivity index (χ2n) is 7.90. The Morgan fingerprint density at radius 2 is 1.23 bits per heavy atom. The van der Waals surface area contributed by atoms with Crippen LogP contribution in [0.15, 0.2) is 48.5 Å². The van der Waals surface area contributed by atoms with Gasteiger partial charge in [0.25, 0.3) is 5.91 Å². The number of amides is 2. The molecule has 0 aliphatic rings. The predicted octanol–water partition coefficient (Wildman–Crippen LogP) is 3.19. The van der Waals surface area contributed by atoms with E-state index in [2.05, 4.69) is 15.4 Å². The first-order chi connectivity index (χ1) is 16.7. The van der Waals surface area contributed by atoms with E-state index < -0.39 is 36.3 Å². The Hall–Kier alpha value is -4.21. The van der Waals surface area contributed by atoms with Crippen molar-refractivity contribution in [3.05, 3.63) is 59.7 Å². The largest absolute Gasteiger partial charge is 0.465 e. The van der Waals surface area contributed by atoms with Crippen molar-refractivity contribution in [1.29, 1.82) is 0 Å². The second kappa shape index (κ2) is 13.5. The van der Waals surface area contributed by atoms with E-state index in [9.17, 15) is 24.0 Å². The molecule has 2 N–H and O–H groups in total. The number of esters is 3. The van der Waals surface area contributed by atoms with Gasteiger partial charge in [-0.15, -0.1) is 0 Å². The molecule has 0 bridgehead atoms. The maximum absolute atomic E-state index is 12.0. The maximum Gasteiger partial charge on any atom is 0.338 e. The number of carbonyl (C=O) groups excluding carboxylic acids is 5. The van der Waals surface area contributed by atoms with Crippen molar-refractivity contribution in [3.8, 4) is 0 Å². The van der Waals surface area contributed by atoms with E-state index >= 15 is 0 Å². The van der Waals surface area contributed by atoms with Crippen molar-refractivity contribution in [2.75, 3.05) is 31.0 Å². The number of methoxy groups -OCH3 is 1. The standard InChI is InChI=1S/C25H28N2O8/c1-16(2)14-35-25(32)18-6-10-20(11-7-18)27-22(29)15-34-23(30)13-12-21(28)26-19-8-4-17(5-9-19)24(31)33-3/h4-11,16H,12-15H2,1-3H3,(H,26,28)(H,27,29). The minimum absolute atomic E-state index is 0.145. The van der Waals surface area contributed by atoms with Crippen LogP contribution in [0.2, 0.25) is 0 Å². The van der Waals surface area contributed by atoms with Crippen LogP contribution < -0.4 is 10.6 Å². The summed E-state index contributed by atoms with van der Waals surface area (Å²) in [5.74, 6) is -2.42. The Morgan fingerprint density at radius 1 is 0.714 bits per heavy atom. The summed E-state index contributed by atoms with van der Waals surface area (Å²) in [4.78, 5) is 59.2. The van der Waals surface area contributed by atoms with Crippen LogP contribution in [0.4, 0.5) is 11.4 Å². The van der Waals surface area contributed by atoms with Gasteiger partial charge >= 0.3 is 17.9 Å². The predicted molar refractivity (Wildman–Crippen MR) is 127 cm³/mol. The van der Waals surface area contributed by atoms with Crippen molar-refractivity contribution in [1.82, 2.24) is 0 Å². The lowest BCUT2D eigenvalue weighted by Gasteiger charge is -2.09. The van der Waals surface area contributed by atoms with E-state index in [-0.39, 0.29) is 18.8 Å². The molecule has 10 heteroatoms. The highest BCUT2D eigenvalue weighted by molar-refractivity contribution is 5.96. The zero-order valence-electron chi connectivity index (χ0n) is 19.8. The van der Waals surface area contributed by atoms with Crippen LogP contribution in [0.25, 0.3) is 0 Å². The van der Waals surface area contributed by atoms with Gasteiger partial charge in [-0.1, -0.05) is 13.8 Å². The highest BCUT2D eigenvalue weighted by Crippen LogP contribution is 2.12. The molecule has 35 heavy (non-hydrogen) atoms. The monoisotopic (exact) mass is 484 g/mol. The molecule has 2 aromatic carbocycles. The molecule has 2 rings (SSSR count). The number of nitrogens with one attached hydrogen (secondary N) is 2. The average molecular weight is 485 g/mol. The third-order valence-corrected chi connectivity index (χ3v) is 4.46. The molecule has 0 aliphatic carbocycles. The lowest BCUT2D eigenvalue weighted by atomic mass is 10.2. The molecule has 2 amide bonds. The van der Waals surface area contributed by atoms with E-state index in [4.69, 9.17) is 9.47 Å². The molecular formula is C25H28N2O8. The minimum atomic E-state index is -0.709. The third kappa shape index (κ3) is 9.66. The molecule has 0 fully saturated rings. The molecule has 2 aromatic rings. The van der Waals surface area contributed by atoms with Gasteiger partial charge in [-0.3, -0.25) is 14.4 Å². The van der Waals surface area contributed by atoms with Crippen LogP contribution in [0, 0.1) is 5.92 Å². The molecule has 186 valence electrons. The third-order valence-electron chi connectivity index (χ3n) is 4.46. The number of ether oxygens (including phenoxy) is 3. The Bertz CT molecular complexity index is 1050. The van der Waals surface area contributed by atoms with Crippen molar-refractivity contribution >= 4 is 41.1 Å². The van der Waals surface area contributed by atoms with Crippen LogP contribution in [0.3, 0.4) is 0 Å². The summed E-state index contributed by atoms with van der Waals surface area (Å²) in [7, 11) is 1.27. The van der Waals surface area contributed by atoms with Crippen LogP contribution >= 0.6 is 0 Å². The molecule has 0 saturated carbocycles. The molecular weight excluding hydrogens is 456 g/mol. The number of carbonyl (C=O) groups is 5. The zero-order chi connectivity index (χ0) is 25.8. The summed E-state index contributed by atoms with van der Waals surface area (Å²) < 4.78 is 14.6. The Kier molecular flexibility index (Phi) is 10.4. The summed E-state index contributed by atoms with van der Waals surface area (Å²) in [6.07, 6.45) is -0.361. The van der Waals surface area contributed by atoms with Crippen molar-refractivity contribution in [3.63, 3.8) is 0 Å². The molecule has 0 radical (unpaired) electrons. The summed E-state index contributed by atoms with van der Waals surface area (Å²) in [5.41, 5.74) is 1.57. The first-order valence-corrected chi connectivity index (χ1v) is 10.9. The lowest BCUT2D eigenvalue weighted by molar-refractivity contribution is -0.147. The van der Waals surface area contributed by atoms with E-state index in [1.165, 1.54) is 55.6 Å². The van der Waals surface area contributed by atoms with Crippen molar-refractivity contribution in [2.24, 2.45) is 5.92 Å². The first kappa shape index (κ1) is 27.0. The highest BCUT2D eigenvalue weighted by atomic mass is 16.5. The Labute approximate surface area is 202 Å². The van der Waals surface area contributed by atoms with Gasteiger partial charge in [0.1, 0.15) is 0 Å². The molecule has 0 aromatic heterocycles. The van der Waals surface area contributed by atoms with E-state index in [1.807, 2.05) is 13.8 Å². The second-order valence-corrected chi connectivity index (χ2v) is 7.90. The fraction of sp³-hybridized carbons (Fsp3) is 0.320. The SMILES string of the molecule is COC(=O)c1ccc(NC(=O)CCC(=O)OCC(=O)Nc2ccc(C(=O)OCC(C)C)cc2)cc1. The van der Waals surface area contributed by atoms with Crippen LogP contribution in [-0.2, 0) is 28.6 Å². The van der Waals surface area contributed by atoms with E-state index in [0.29, 0.717) is 29.1 Å². The number of hydrogen-bond donors (Lipinski definition) is 2. The zero-order valence-corrected chi connectivity index (χ0v) is 19.8. The van der Waals surface area contributed by atoms with Crippen molar-refractivity contribution < 1.29 is 38.2 Å². The van der Waals surface area contributed by atoms with Gasteiger partial charge in [-0.2, -0.15) is 0 Å². The number of benzene rings is 2. The van der Waals surface area contributed by atoms with Crippen LogP contribution in [0.1, 0.15) is 47.4 Å². The fourth-order valence-corrected chi connectivity index (χ4v) is 2.68. The molecule has 10 nitrogen and oxygen atoms in total. The number of anilines is 2. The molecule has 0 saturated heterocycles. The number of hydrogen-bond acceptors (Lipinski definition) is 8. The van der Waals surface area contributed by atoms with E-state index in [1.54, 1.807) is 0 Å². The summed E-state index contributed by atoms with van der Waals surface area (Å²) in [6, 6.07) is 12.2. The highest BCUT2D eigenvalue weighted by Gasteiger charge is 2.13. The van der Waals surface area contributed by atoms with Gasteiger partial charge in [-0.25, -0.2) is 9.59 Å². The topological polar surface area (TPSA) is 137 Å². The summed E-state index contributed by atoms with van der Waals surface area (Å²) in [5, 5.41) is 5.14. The first-order valence-electron chi connectivity index (χ1n) is 10.9. The smallest absolute Gasteiger partial charge is 0.338 e. The van der Waals surface area contributed by atoms with Gasteiger partial charge in [0.15, 0.2) is 6.61 Å². The summed E-state index contributed by atoms with van der Waals surface area (Å²) >= 11 is 0. The fourth-order valence-electron chi connectivity index (χ4n) is 2.68. The van der Waals surface area contributed by atoms with Gasteiger partial charge in [0.2, 0.25) is 5.91 Å². The normalized spacial score (nSPS) is 10.3. The molecule has 0 heterocycles. The number of rotatable bonds is 11. The van der Waals surface area contributed by atoms with Gasteiger partial charge in [0, 0.05) is 17.8 Å². The minimum Gasteiger partial charge on any atom is -0.465 e. The molecule has 0 aliphatic heterocycles. The van der Waals surface area contributed by atoms with Gasteiger partial charge < -0.3 is 24.8 Å². The summed E-state index contributed by atoms with van der Waals surface area (Å²) in [6.45, 7) is 3.66. The van der Waals surface area contributed by atoms with Gasteiger partial charge in [-0.05, 0) is 54.4 Å². The van der Waals surface area contributed by atoms with Crippen LogP contribution in [-0.4, -0.2) is 50.0 Å². The Balaban J connectivity index is 1.69. The molecule has 0 spiro atoms. The quantitative estimate of drug-likeness (QED) is 0.366. The maximum atomic E-state index is 12.0.